The highest BCUT2D eigenvalue weighted by Crippen LogP contribution is 2.11. The number of amides is 1. The number of hydrazone groups is 1. The second kappa shape index (κ2) is 8.54. The maximum Gasteiger partial charge on any atom is 0.277 e. The summed E-state index contributed by atoms with van der Waals surface area (Å²) in [5, 5.41) is 4.02. The summed E-state index contributed by atoms with van der Waals surface area (Å²) in [5.41, 5.74) is 5.35. The molecule has 0 heterocycles. The van der Waals surface area contributed by atoms with Crippen molar-refractivity contribution in [1.82, 2.24) is 5.43 Å². The minimum absolute atomic E-state index is 0.0668. The molecular formula is C19H20N2O2. The number of ether oxygens (including phenoxy) is 1. The molecule has 0 fully saturated rings. The first kappa shape index (κ1) is 16.5. The van der Waals surface area contributed by atoms with E-state index in [9.17, 15) is 4.79 Å². The summed E-state index contributed by atoms with van der Waals surface area (Å²) in [5.74, 6) is 0.379. The Morgan fingerprint density at radius 1 is 1.17 bits per heavy atom. The van der Waals surface area contributed by atoms with E-state index in [0.717, 1.165) is 11.1 Å². The van der Waals surface area contributed by atoms with Gasteiger partial charge in [-0.1, -0.05) is 48.5 Å². The molecule has 1 N–H and O–H groups in total. The molecule has 0 saturated heterocycles. The normalized spacial score (nSPS) is 11.5. The van der Waals surface area contributed by atoms with Gasteiger partial charge in [0, 0.05) is 0 Å². The predicted octanol–water partition coefficient (Wildman–Crippen LogP) is 3.58. The van der Waals surface area contributed by atoms with E-state index in [4.69, 9.17) is 4.74 Å². The molecule has 23 heavy (non-hydrogen) atoms. The van der Waals surface area contributed by atoms with Crippen molar-refractivity contribution in [2.45, 2.75) is 13.8 Å². The summed E-state index contributed by atoms with van der Waals surface area (Å²) < 4.78 is 5.41. The molecule has 2 aromatic rings. The van der Waals surface area contributed by atoms with Crippen molar-refractivity contribution in [3.63, 3.8) is 0 Å². The summed E-state index contributed by atoms with van der Waals surface area (Å²) >= 11 is 0. The van der Waals surface area contributed by atoms with Gasteiger partial charge in [0.25, 0.3) is 5.91 Å². The highest BCUT2D eigenvalue weighted by molar-refractivity contribution is 5.97. The Morgan fingerprint density at radius 3 is 2.70 bits per heavy atom. The van der Waals surface area contributed by atoms with E-state index in [1.807, 2.05) is 80.6 Å². The van der Waals surface area contributed by atoms with E-state index in [1.54, 1.807) is 0 Å². The molecule has 4 heteroatoms. The van der Waals surface area contributed by atoms with Crippen molar-refractivity contribution < 1.29 is 9.53 Å². The Morgan fingerprint density at radius 2 is 1.96 bits per heavy atom. The minimum Gasteiger partial charge on any atom is -0.484 e. The van der Waals surface area contributed by atoms with Crippen LogP contribution in [0.25, 0.3) is 6.08 Å². The molecule has 4 nitrogen and oxygen atoms in total. The number of hydrogen-bond acceptors (Lipinski definition) is 3. The molecule has 1 amide bonds. The molecular weight excluding hydrogens is 288 g/mol. The molecule has 0 aliphatic rings. The van der Waals surface area contributed by atoms with Crippen LogP contribution in [0.5, 0.6) is 5.75 Å². The van der Waals surface area contributed by atoms with Gasteiger partial charge in [0.05, 0.1) is 5.71 Å². The highest BCUT2D eigenvalue weighted by Gasteiger charge is 2.01. The van der Waals surface area contributed by atoms with Crippen LogP contribution in [0.15, 0.2) is 65.8 Å². The summed E-state index contributed by atoms with van der Waals surface area (Å²) in [6, 6.07) is 17.5. The molecule has 0 aromatic heterocycles. The molecule has 2 aromatic carbocycles. The monoisotopic (exact) mass is 308 g/mol. The smallest absolute Gasteiger partial charge is 0.277 e. The summed E-state index contributed by atoms with van der Waals surface area (Å²) in [6.07, 6.45) is 3.78. The maximum atomic E-state index is 11.7. The number of aryl methyl sites for hydroxylation is 1. The van der Waals surface area contributed by atoms with Crippen molar-refractivity contribution in [1.29, 1.82) is 0 Å². The third kappa shape index (κ3) is 6.18. The molecule has 2 rings (SSSR count). The first-order valence-corrected chi connectivity index (χ1v) is 7.39. The largest absolute Gasteiger partial charge is 0.484 e. The summed E-state index contributed by atoms with van der Waals surface area (Å²) in [7, 11) is 0. The maximum absolute atomic E-state index is 11.7. The molecule has 0 aliphatic heterocycles. The van der Waals surface area contributed by atoms with Crippen LogP contribution in [0.2, 0.25) is 0 Å². The van der Waals surface area contributed by atoms with Gasteiger partial charge < -0.3 is 4.74 Å². The third-order valence-corrected chi connectivity index (χ3v) is 3.03. The van der Waals surface area contributed by atoms with Crippen LogP contribution in [-0.4, -0.2) is 18.2 Å². The van der Waals surface area contributed by atoms with Crippen LogP contribution in [0.3, 0.4) is 0 Å². The van der Waals surface area contributed by atoms with E-state index in [0.29, 0.717) is 11.5 Å². The minimum atomic E-state index is -0.293. The number of hydrogen-bond donors (Lipinski definition) is 1. The Kier molecular flexibility index (Phi) is 6.12. The van der Waals surface area contributed by atoms with Crippen molar-refractivity contribution in [3.8, 4) is 5.75 Å². The first-order valence-electron chi connectivity index (χ1n) is 7.39. The van der Waals surface area contributed by atoms with Crippen LogP contribution in [-0.2, 0) is 4.79 Å². The van der Waals surface area contributed by atoms with Crippen LogP contribution in [0, 0.1) is 6.92 Å². The fourth-order valence-electron chi connectivity index (χ4n) is 1.86. The molecule has 0 atom stereocenters. The highest BCUT2D eigenvalue weighted by atomic mass is 16.5. The van der Waals surface area contributed by atoms with Gasteiger partial charge in [0.15, 0.2) is 6.61 Å². The van der Waals surface area contributed by atoms with E-state index < -0.39 is 0 Å². The van der Waals surface area contributed by atoms with Crippen LogP contribution >= 0.6 is 0 Å². The number of carbonyl (C=O) groups excluding carboxylic acids is 1. The summed E-state index contributed by atoms with van der Waals surface area (Å²) in [4.78, 5) is 11.7. The lowest BCUT2D eigenvalue weighted by atomic mass is 10.2. The topological polar surface area (TPSA) is 50.7 Å². The fraction of sp³-hybridized carbons (Fsp3) is 0.158. The quantitative estimate of drug-likeness (QED) is 0.655. The van der Waals surface area contributed by atoms with Gasteiger partial charge in [0.1, 0.15) is 5.75 Å². The molecule has 0 spiro atoms. The number of benzene rings is 2. The average Bonchev–Trinajstić information content (AvgIpc) is 2.57. The second-order valence-corrected chi connectivity index (χ2v) is 5.14. The Hall–Kier alpha value is -2.88. The van der Waals surface area contributed by atoms with Crippen molar-refractivity contribution in [2.24, 2.45) is 5.10 Å². The Balaban J connectivity index is 1.79. The van der Waals surface area contributed by atoms with Crippen LogP contribution < -0.4 is 10.2 Å². The Labute approximate surface area is 136 Å². The van der Waals surface area contributed by atoms with Crippen molar-refractivity contribution in [2.75, 3.05) is 6.61 Å². The van der Waals surface area contributed by atoms with Crippen LogP contribution in [0.4, 0.5) is 0 Å². The zero-order valence-electron chi connectivity index (χ0n) is 13.3. The SMILES string of the molecule is CC(/C=C/c1ccccc1)=N/NC(=O)COc1cccc(C)c1. The third-order valence-electron chi connectivity index (χ3n) is 3.03. The van der Waals surface area contributed by atoms with E-state index in [2.05, 4.69) is 10.5 Å². The van der Waals surface area contributed by atoms with Gasteiger partial charge in [-0.05, 0) is 43.2 Å². The van der Waals surface area contributed by atoms with Gasteiger partial charge in [-0.15, -0.1) is 0 Å². The van der Waals surface area contributed by atoms with Crippen molar-refractivity contribution in [3.05, 3.63) is 71.8 Å². The van der Waals surface area contributed by atoms with E-state index in [-0.39, 0.29) is 12.5 Å². The predicted molar refractivity (Wildman–Crippen MR) is 93.4 cm³/mol. The zero-order valence-corrected chi connectivity index (χ0v) is 13.3. The lowest BCUT2D eigenvalue weighted by Gasteiger charge is -2.05. The lowest BCUT2D eigenvalue weighted by Crippen LogP contribution is -2.25. The fourth-order valence-corrected chi connectivity index (χ4v) is 1.86. The molecule has 0 radical (unpaired) electrons. The van der Waals surface area contributed by atoms with E-state index in [1.165, 1.54) is 0 Å². The standard InChI is InChI=1S/C19H20N2O2/c1-15-7-6-10-18(13-15)23-14-19(22)21-20-16(2)11-12-17-8-4-3-5-9-17/h3-13H,14H2,1-2H3,(H,21,22)/b12-11+,20-16-. The lowest BCUT2D eigenvalue weighted by molar-refractivity contribution is -0.123. The number of allylic oxidation sites excluding steroid dienone is 1. The number of carbonyl (C=O) groups is 1. The van der Waals surface area contributed by atoms with Gasteiger partial charge in [-0.3, -0.25) is 4.79 Å². The van der Waals surface area contributed by atoms with Crippen LogP contribution in [0.1, 0.15) is 18.1 Å². The number of nitrogens with zero attached hydrogens (tertiary/aromatic N) is 1. The molecule has 0 saturated carbocycles. The van der Waals surface area contributed by atoms with E-state index >= 15 is 0 Å². The van der Waals surface area contributed by atoms with Crippen molar-refractivity contribution >= 4 is 17.7 Å². The number of nitrogens with one attached hydrogen (secondary N) is 1. The second-order valence-electron chi connectivity index (χ2n) is 5.14. The average molecular weight is 308 g/mol. The zero-order chi connectivity index (χ0) is 16.5. The van der Waals surface area contributed by atoms with Gasteiger partial charge in [0.2, 0.25) is 0 Å². The first-order chi connectivity index (χ1) is 11.1. The Bertz CT molecular complexity index is 706. The van der Waals surface area contributed by atoms with Gasteiger partial charge in [-0.2, -0.15) is 5.10 Å². The molecule has 118 valence electrons. The number of rotatable bonds is 6. The van der Waals surface area contributed by atoms with Gasteiger partial charge in [-0.25, -0.2) is 5.43 Å². The molecule has 0 unspecified atom stereocenters. The summed E-state index contributed by atoms with van der Waals surface area (Å²) in [6.45, 7) is 3.73. The molecule has 0 bridgehead atoms. The molecule has 0 aliphatic carbocycles. The van der Waals surface area contributed by atoms with Gasteiger partial charge >= 0.3 is 0 Å².